The molecule has 2 spiro atoms. The maximum absolute atomic E-state index is 13.7. The van der Waals surface area contributed by atoms with E-state index in [0.29, 0.717) is 58.6 Å². The van der Waals surface area contributed by atoms with E-state index in [1.54, 1.807) is 24.4 Å². The molecule has 10 heteroatoms. The standard InChI is InChI=1S/C30H25Cl2N5O3/c31-21-6-3-7-22(32)24(21)26-36-30(10-1-2-11-30)28(40)37(26)16-23(38)34-19-9-8-17-14-29(15-18(17)13-19)20-5-4-12-33-25(20)35-27(29)39/h3-9,12-13H,1-2,10-11,14-16H2,(H,34,38)(H,33,35,39). The number of aromatic nitrogens is 1. The van der Waals surface area contributed by atoms with Crippen LogP contribution in [0.5, 0.6) is 0 Å². The van der Waals surface area contributed by atoms with E-state index in [1.807, 2.05) is 30.3 Å². The molecule has 0 saturated heterocycles. The zero-order valence-corrected chi connectivity index (χ0v) is 23.0. The van der Waals surface area contributed by atoms with Crippen LogP contribution in [0.2, 0.25) is 10.0 Å². The Morgan fingerprint density at radius 3 is 2.52 bits per heavy atom. The number of rotatable bonds is 4. The minimum Gasteiger partial charge on any atom is -0.325 e. The van der Waals surface area contributed by atoms with E-state index in [-0.39, 0.29) is 24.3 Å². The first kappa shape index (κ1) is 25.2. The predicted molar refractivity (Wildman–Crippen MR) is 153 cm³/mol. The summed E-state index contributed by atoms with van der Waals surface area (Å²) in [6.45, 7) is -0.219. The van der Waals surface area contributed by atoms with Gasteiger partial charge in [-0.25, -0.2) is 4.98 Å². The second-order valence-electron chi connectivity index (χ2n) is 11.0. The largest absolute Gasteiger partial charge is 0.325 e. The van der Waals surface area contributed by atoms with E-state index in [9.17, 15) is 14.4 Å². The van der Waals surface area contributed by atoms with Gasteiger partial charge < -0.3 is 10.6 Å². The van der Waals surface area contributed by atoms with E-state index >= 15 is 0 Å². The van der Waals surface area contributed by atoms with Crippen LogP contribution in [0.3, 0.4) is 0 Å². The van der Waals surface area contributed by atoms with Crippen molar-refractivity contribution in [3.63, 3.8) is 0 Å². The van der Waals surface area contributed by atoms with Gasteiger partial charge in [0.05, 0.1) is 21.0 Å². The number of amides is 3. The Kier molecular flexibility index (Phi) is 5.77. The average molecular weight is 574 g/mol. The van der Waals surface area contributed by atoms with Crippen LogP contribution in [0.1, 0.15) is 47.9 Å². The zero-order chi connectivity index (χ0) is 27.6. The van der Waals surface area contributed by atoms with Crippen LogP contribution in [0.15, 0.2) is 59.7 Å². The average Bonchev–Trinajstić information content (AvgIpc) is 3.68. The first-order chi connectivity index (χ1) is 19.3. The Morgan fingerprint density at radius 2 is 1.75 bits per heavy atom. The van der Waals surface area contributed by atoms with Gasteiger partial charge >= 0.3 is 0 Å². The quantitative estimate of drug-likeness (QED) is 0.462. The summed E-state index contributed by atoms with van der Waals surface area (Å²) in [5.74, 6) is 0.344. The van der Waals surface area contributed by atoms with Crippen molar-refractivity contribution < 1.29 is 14.4 Å². The lowest BCUT2D eigenvalue weighted by atomic mass is 9.79. The van der Waals surface area contributed by atoms with E-state index in [4.69, 9.17) is 28.2 Å². The minimum atomic E-state index is -0.868. The molecule has 3 amide bonds. The monoisotopic (exact) mass is 573 g/mol. The molecule has 40 heavy (non-hydrogen) atoms. The molecule has 2 aliphatic heterocycles. The van der Waals surface area contributed by atoms with Gasteiger partial charge in [-0.15, -0.1) is 0 Å². The van der Waals surface area contributed by atoms with E-state index in [1.165, 1.54) is 4.90 Å². The summed E-state index contributed by atoms with van der Waals surface area (Å²) in [7, 11) is 0. The number of hydrogen-bond donors (Lipinski definition) is 2. The lowest BCUT2D eigenvalue weighted by molar-refractivity contribution is -0.133. The molecule has 1 unspecified atom stereocenters. The number of aliphatic imine (C=N–C) groups is 1. The molecule has 2 N–H and O–H groups in total. The molecule has 1 fully saturated rings. The van der Waals surface area contributed by atoms with Crippen molar-refractivity contribution in [1.29, 1.82) is 0 Å². The molecule has 7 rings (SSSR count). The third-order valence-electron chi connectivity index (χ3n) is 8.60. The number of pyridine rings is 1. The second-order valence-corrected chi connectivity index (χ2v) is 11.8. The molecule has 3 heterocycles. The number of halogens is 2. The van der Waals surface area contributed by atoms with Gasteiger partial charge in [-0.2, -0.15) is 0 Å². The second kappa shape index (κ2) is 9.14. The summed E-state index contributed by atoms with van der Waals surface area (Å²) in [4.78, 5) is 50.6. The highest BCUT2D eigenvalue weighted by Crippen LogP contribution is 2.47. The van der Waals surface area contributed by atoms with Crippen LogP contribution in [0.25, 0.3) is 0 Å². The summed E-state index contributed by atoms with van der Waals surface area (Å²) in [6, 6.07) is 14.6. The molecule has 1 saturated carbocycles. The van der Waals surface area contributed by atoms with Crippen molar-refractivity contribution >= 4 is 58.3 Å². The van der Waals surface area contributed by atoms with Crippen molar-refractivity contribution in [2.45, 2.75) is 49.5 Å². The number of carbonyl (C=O) groups excluding carboxylic acids is 3. The minimum absolute atomic E-state index is 0.0542. The highest BCUT2D eigenvalue weighted by atomic mass is 35.5. The number of carbonyl (C=O) groups is 3. The number of anilines is 2. The number of nitrogens with one attached hydrogen (secondary N) is 2. The highest BCUT2D eigenvalue weighted by molar-refractivity contribution is 6.41. The lowest BCUT2D eigenvalue weighted by Crippen LogP contribution is -2.45. The third-order valence-corrected chi connectivity index (χ3v) is 9.23. The molecule has 2 aliphatic carbocycles. The zero-order valence-electron chi connectivity index (χ0n) is 21.5. The number of amidine groups is 1. The fraction of sp³-hybridized carbons (Fsp3) is 0.300. The number of nitrogens with zero attached hydrogens (tertiary/aromatic N) is 3. The summed E-state index contributed by atoms with van der Waals surface area (Å²) < 4.78 is 0. The van der Waals surface area contributed by atoms with Crippen molar-refractivity contribution in [2.24, 2.45) is 4.99 Å². The molecule has 3 aromatic rings. The van der Waals surface area contributed by atoms with Crippen LogP contribution in [0.4, 0.5) is 11.5 Å². The fourth-order valence-electron chi connectivity index (χ4n) is 6.68. The van der Waals surface area contributed by atoms with Gasteiger partial charge in [0.25, 0.3) is 5.91 Å². The first-order valence-electron chi connectivity index (χ1n) is 13.3. The summed E-state index contributed by atoms with van der Waals surface area (Å²) in [5.41, 5.74) is 2.46. The van der Waals surface area contributed by atoms with Crippen molar-refractivity contribution in [1.82, 2.24) is 9.88 Å². The molecule has 8 nitrogen and oxygen atoms in total. The van der Waals surface area contributed by atoms with Gasteiger partial charge in [0.2, 0.25) is 11.8 Å². The molecule has 0 bridgehead atoms. The topological polar surface area (TPSA) is 104 Å². The number of hydrogen-bond acceptors (Lipinski definition) is 5. The molecule has 4 aliphatic rings. The summed E-state index contributed by atoms with van der Waals surface area (Å²) in [5, 5.41) is 6.61. The molecule has 202 valence electrons. The van der Waals surface area contributed by atoms with Crippen molar-refractivity contribution in [3.8, 4) is 0 Å². The Bertz CT molecular complexity index is 1630. The molecule has 1 aromatic heterocycles. The highest BCUT2D eigenvalue weighted by Gasteiger charge is 2.52. The fourth-order valence-corrected chi connectivity index (χ4v) is 7.25. The third kappa shape index (κ3) is 3.77. The van der Waals surface area contributed by atoms with Crippen molar-refractivity contribution in [3.05, 3.63) is 87.0 Å². The number of fused-ring (bicyclic) bond motifs is 3. The molecule has 2 aromatic carbocycles. The molecule has 0 radical (unpaired) electrons. The van der Waals surface area contributed by atoms with Gasteiger partial charge in [-0.1, -0.05) is 54.2 Å². The van der Waals surface area contributed by atoms with Crippen LogP contribution < -0.4 is 10.6 Å². The first-order valence-corrected chi connectivity index (χ1v) is 14.1. The van der Waals surface area contributed by atoms with E-state index in [2.05, 4.69) is 15.6 Å². The van der Waals surface area contributed by atoms with Gasteiger partial charge in [0.15, 0.2) is 0 Å². The van der Waals surface area contributed by atoms with Crippen LogP contribution in [-0.4, -0.2) is 45.5 Å². The Balaban J connectivity index is 1.13. The SMILES string of the molecule is O=C(CN1C(=O)C2(CCCC2)N=C1c1c(Cl)cccc1Cl)Nc1ccc2c(c1)CC1(C2)C(=O)Nc2ncccc21. The molecular weight excluding hydrogens is 549 g/mol. The lowest BCUT2D eigenvalue weighted by Gasteiger charge is -2.22. The van der Waals surface area contributed by atoms with Crippen molar-refractivity contribution in [2.75, 3.05) is 17.2 Å². The Morgan fingerprint density at radius 1 is 1.00 bits per heavy atom. The van der Waals surface area contributed by atoms with Crippen LogP contribution in [0, 0.1) is 0 Å². The smallest absolute Gasteiger partial charge is 0.256 e. The van der Waals surface area contributed by atoms with Crippen LogP contribution in [-0.2, 0) is 32.6 Å². The maximum Gasteiger partial charge on any atom is 0.256 e. The van der Waals surface area contributed by atoms with Gasteiger partial charge in [0.1, 0.15) is 23.7 Å². The summed E-state index contributed by atoms with van der Waals surface area (Å²) in [6.07, 6.45) is 5.82. The maximum atomic E-state index is 13.7. The van der Waals surface area contributed by atoms with E-state index < -0.39 is 11.0 Å². The van der Waals surface area contributed by atoms with Crippen LogP contribution >= 0.6 is 23.2 Å². The predicted octanol–water partition coefficient (Wildman–Crippen LogP) is 4.92. The van der Waals surface area contributed by atoms with E-state index in [0.717, 1.165) is 29.5 Å². The number of benzene rings is 2. The van der Waals surface area contributed by atoms with Gasteiger partial charge in [-0.3, -0.25) is 24.3 Å². The Labute approximate surface area is 240 Å². The summed E-state index contributed by atoms with van der Waals surface area (Å²) >= 11 is 13.0. The van der Waals surface area contributed by atoms with Gasteiger partial charge in [-0.05, 0) is 67.1 Å². The molecular formula is C30H25Cl2N5O3. The Hall–Kier alpha value is -3.75. The normalized spacial score (nSPS) is 22.1. The van der Waals surface area contributed by atoms with Gasteiger partial charge in [0, 0.05) is 17.4 Å². The molecule has 1 atom stereocenters.